The predicted octanol–water partition coefficient (Wildman–Crippen LogP) is 4.27. The number of rotatable bonds is 5. The highest BCUT2D eigenvalue weighted by Gasteiger charge is 2.08. The Morgan fingerprint density at radius 3 is 2.54 bits per heavy atom. The van der Waals surface area contributed by atoms with E-state index in [4.69, 9.17) is 5.11 Å². The monoisotopic (exact) mass is 337 g/mol. The highest BCUT2D eigenvalue weighted by Crippen LogP contribution is 2.27. The Morgan fingerprint density at radius 1 is 0.958 bits per heavy atom. The highest BCUT2D eigenvalue weighted by atomic mass is 32.2. The van der Waals surface area contributed by atoms with Crippen molar-refractivity contribution < 1.29 is 14.7 Å². The molecule has 5 heteroatoms. The van der Waals surface area contributed by atoms with E-state index >= 15 is 0 Å². The van der Waals surface area contributed by atoms with Crippen LogP contribution in [0.2, 0.25) is 0 Å². The lowest BCUT2D eigenvalue weighted by Gasteiger charge is -2.08. The standard InChI is InChI=1S/C19H15NO3S/c21-18(20-15-8-3-7-14(11-15)19(22)23)12-24-17-10-4-6-13-5-1-2-9-16(13)17/h1-11H,12H2,(H,20,21)(H,22,23). The first-order valence-corrected chi connectivity index (χ1v) is 8.36. The van der Waals surface area contributed by atoms with E-state index in [0.717, 1.165) is 15.7 Å². The van der Waals surface area contributed by atoms with Crippen LogP contribution in [0.4, 0.5) is 5.69 Å². The van der Waals surface area contributed by atoms with Gasteiger partial charge in [-0.15, -0.1) is 11.8 Å². The van der Waals surface area contributed by atoms with E-state index < -0.39 is 5.97 Å². The molecule has 0 heterocycles. The molecule has 0 aromatic heterocycles. The van der Waals surface area contributed by atoms with Crippen molar-refractivity contribution in [2.45, 2.75) is 4.90 Å². The third kappa shape index (κ3) is 3.75. The lowest BCUT2D eigenvalue weighted by Crippen LogP contribution is -2.14. The summed E-state index contributed by atoms with van der Waals surface area (Å²) in [5, 5.41) is 14.0. The molecule has 1 amide bonds. The lowest BCUT2D eigenvalue weighted by molar-refractivity contribution is -0.113. The summed E-state index contributed by atoms with van der Waals surface area (Å²) in [6.07, 6.45) is 0. The van der Waals surface area contributed by atoms with E-state index in [2.05, 4.69) is 5.32 Å². The Kier molecular flexibility index (Phi) is 4.82. The fourth-order valence-electron chi connectivity index (χ4n) is 2.39. The average Bonchev–Trinajstić information content (AvgIpc) is 2.60. The van der Waals surface area contributed by atoms with Gasteiger partial charge in [0.1, 0.15) is 0 Å². The molecule has 24 heavy (non-hydrogen) atoms. The minimum Gasteiger partial charge on any atom is -0.478 e. The summed E-state index contributed by atoms with van der Waals surface area (Å²) in [6.45, 7) is 0. The zero-order valence-electron chi connectivity index (χ0n) is 12.7. The van der Waals surface area contributed by atoms with Gasteiger partial charge in [-0.2, -0.15) is 0 Å². The quantitative estimate of drug-likeness (QED) is 0.682. The molecule has 0 saturated carbocycles. The van der Waals surface area contributed by atoms with Gasteiger partial charge in [0.15, 0.2) is 0 Å². The topological polar surface area (TPSA) is 66.4 Å². The Labute approximate surface area is 143 Å². The number of carboxylic acid groups (broad SMARTS) is 1. The van der Waals surface area contributed by atoms with Gasteiger partial charge in [-0.05, 0) is 35.0 Å². The lowest BCUT2D eigenvalue weighted by atomic mass is 10.1. The number of nitrogens with one attached hydrogen (secondary N) is 1. The number of carbonyl (C=O) groups is 2. The molecule has 0 radical (unpaired) electrons. The van der Waals surface area contributed by atoms with E-state index in [1.165, 1.54) is 23.9 Å². The molecule has 0 spiro atoms. The van der Waals surface area contributed by atoms with Crippen LogP contribution in [0.3, 0.4) is 0 Å². The number of carbonyl (C=O) groups excluding carboxylic acids is 1. The summed E-state index contributed by atoms with van der Waals surface area (Å²) in [4.78, 5) is 24.1. The Morgan fingerprint density at radius 2 is 1.71 bits per heavy atom. The number of hydrogen-bond acceptors (Lipinski definition) is 3. The van der Waals surface area contributed by atoms with Crippen molar-refractivity contribution in [1.29, 1.82) is 0 Å². The summed E-state index contributed by atoms with van der Waals surface area (Å²) in [5.74, 6) is -0.933. The first-order chi connectivity index (χ1) is 11.6. The van der Waals surface area contributed by atoms with Gasteiger partial charge in [0, 0.05) is 10.6 Å². The van der Waals surface area contributed by atoms with Crippen molar-refractivity contribution in [3.05, 3.63) is 72.3 Å². The summed E-state index contributed by atoms with van der Waals surface area (Å²) in [6, 6.07) is 20.3. The maximum atomic E-state index is 12.1. The van der Waals surface area contributed by atoms with Crippen molar-refractivity contribution in [3.63, 3.8) is 0 Å². The SMILES string of the molecule is O=C(CSc1cccc2ccccc12)Nc1cccc(C(=O)O)c1. The van der Waals surface area contributed by atoms with Crippen LogP contribution in [0.15, 0.2) is 71.6 Å². The number of amides is 1. The maximum Gasteiger partial charge on any atom is 0.335 e. The molecule has 3 aromatic carbocycles. The number of aromatic carboxylic acids is 1. The van der Waals surface area contributed by atoms with Crippen LogP contribution < -0.4 is 5.32 Å². The third-order valence-corrected chi connectivity index (χ3v) is 4.58. The van der Waals surface area contributed by atoms with Crippen molar-refractivity contribution in [2.24, 2.45) is 0 Å². The minimum atomic E-state index is -1.02. The normalized spacial score (nSPS) is 10.5. The molecular weight excluding hydrogens is 322 g/mol. The largest absolute Gasteiger partial charge is 0.478 e. The van der Waals surface area contributed by atoms with E-state index in [9.17, 15) is 9.59 Å². The predicted molar refractivity (Wildman–Crippen MR) is 96.7 cm³/mol. The maximum absolute atomic E-state index is 12.1. The summed E-state index contributed by atoms with van der Waals surface area (Å²) < 4.78 is 0. The van der Waals surface area contributed by atoms with Gasteiger partial charge in [0.2, 0.25) is 5.91 Å². The van der Waals surface area contributed by atoms with Crippen molar-refractivity contribution in [2.75, 3.05) is 11.1 Å². The van der Waals surface area contributed by atoms with Crippen molar-refractivity contribution in [3.8, 4) is 0 Å². The second-order valence-corrected chi connectivity index (χ2v) is 6.22. The highest BCUT2D eigenvalue weighted by molar-refractivity contribution is 8.00. The van der Waals surface area contributed by atoms with Crippen LogP contribution in [0, 0.1) is 0 Å². The second-order valence-electron chi connectivity index (χ2n) is 5.20. The van der Waals surface area contributed by atoms with Crippen LogP contribution in [-0.4, -0.2) is 22.7 Å². The molecular formula is C19H15NO3S. The molecule has 0 aliphatic heterocycles. The Hall–Kier alpha value is -2.79. The van der Waals surface area contributed by atoms with Gasteiger partial charge in [0.25, 0.3) is 0 Å². The molecule has 0 bridgehead atoms. The zero-order valence-corrected chi connectivity index (χ0v) is 13.5. The number of hydrogen-bond donors (Lipinski definition) is 2. The number of anilines is 1. The molecule has 2 N–H and O–H groups in total. The first-order valence-electron chi connectivity index (χ1n) is 7.37. The van der Waals surface area contributed by atoms with Crippen LogP contribution in [0.5, 0.6) is 0 Å². The molecule has 0 unspecified atom stereocenters. The average molecular weight is 337 g/mol. The van der Waals surface area contributed by atoms with Gasteiger partial charge < -0.3 is 10.4 Å². The molecule has 3 aromatic rings. The Bertz CT molecular complexity index is 903. The molecule has 0 aliphatic carbocycles. The molecule has 120 valence electrons. The van der Waals surface area contributed by atoms with Gasteiger partial charge in [-0.1, -0.05) is 42.5 Å². The van der Waals surface area contributed by atoms with Gasteiger partial charge >= 0.3 is 5.97 Å². The molecule has 0 fully saturated rings. The summed E-state index contributed by atoms with van der Waals surface area (Å²) in [5.41, 5.74) is 0.632. The fourth-order valence-corrected chi connectivity index (χ4v) is 3.27. The van der Waals surface area contributed by atoms with Gasteiger partial charge in [0.05, 0.1) is 11.3 Å². The molecule has 3 rings (SSSR count). The van der Waals surface area contributed by atoms with E-state index in [-0.39, 0.29) is 17.2 Å². The third-order valence-electron chi connectivity index (χ3n) is 3.50. The van der Waals surface area contributed by atoms with E-state index in [1.54, 1.807) is 12.1 Å². The molecule has 0 atom stereocenters. The Balaban J connectivity index is 1.67. The number of thioether (sulfide) groups is 1. The van der Waals surface area contributed by atoms with Gasteiger partial charge in [-0.3, -0.25) is 4.79 Å². The van der Waals surface area contributed by atoms with Crippen LogP contribution >= 0.6 is 11.8 Å². The van der Waals surface area contributed by atoms with Crippen LogP contribution in [-0.2, 0) is 4.79 Å². The minimum absolute atomic E-state index is 0.148. The summed E-state index contributed by atoms with van der Waals surface area (Å²) in [7, 11) is 0. The number of benzene rings is 3. The first kappa shape index (κ1) is 16.1. The van der Waals surface area contributed by atoms with Crippen molar-refractivity contribution in [1.82, 2.24) is 0 Å². The molecule has 0 aliphatic rings. The van der Waals surface area contributed by atoms with E-state index in [1.807, 2.05) is 42.5 Å². The summed E-state index contributed by atoms with van der Waals surface area (Å²) >= 11 is 1.46. The second kappa shape index (κ2) is 7.19. The fraction of sp³-hybridized carbons (Fsp3) is 0.0526. The smallest absolute Gasteiger partial charge is 0.335 e. The number of carboxylic acids is 1. The molecule has 4 nitrogen and oxygen atoms in total. The van der Waals surface area contributed by atoms with Crippen molar-refractivity contribution >= 4 is 40.1 Å². The number of fused-ring (bicyclic) bond motifs is 1. The van der Waals surface area contributed by atoms with Crippen LogP contribution in [0.25, 0.3) is 10.8 Å². The zero-order chi connectivity index (χ0) is 16.9. The molecule has 0 saturated heterocycles. The van der Waals surface area contributed by atoms with Gasteiger partial charge in [-0.25, -0.2) is 4.79 Å². The van der Waals surface area contributed by atoms with Crippen LogP contribution in [0.1, 0.15) is 10.4 Å². The van der Waals surface area contributed by atoms with E-state index in [0.29, 0.717) is 5.69 Å².